The topological polar surface area (TPSA) is 25.4 Å². The van der Waals surface area contributed by atoms with Crippen molar-refractivity contribution in [3.63, 3.8) is 0 Å². The predicted octanol–water partition coefficient (Wildman–Crippen LogP) is 2.25. The molecular formula is C13H20N2O. The molecule has 16 heavy (non-hydrogen) atoms. The van der Waals surface area contributed by atoms with Gasteiger partial charge in [-0.2, -0.15) is 0 Å². The normalized spacial score (nSPS) is 24.2. The highest BCUT2D eigenvalue weighted by Crippen LogP contribution is 2.26. The molecule has 3 nitrogen and oxygen atoms in total. The standard InChI is InChI=1S/C13H20N2O/c1-3-11(2)15-7-8-16-10-13(15)12-5-4-6-14-9-12/h4-6,9,11,13H,3,7-8,10H2,1-2H3. The van der Waals surface area contributed by atoms with E-state index in [1.54, 1.807) is 0 Å². The van der Waals surface area contributed by atoms with E-state index in [4.69, 9.17) is 4.74 Å². The number of pyridine rings is 1. The van der Waals surface area contributed by atoms with Gasteiger partial charge >= 0.3 is 0 Å². The maximum absolute atomic E-state index is 5.59. The molecule has 2 atom stereocenters. The van der Waals surface area contributed by atoms with Crippen molar-refractivity contribution in [2.24, 2.45) is 0 Å². The Morgan fingerprint density at radius 3 is 3.19 bits per heavy atom. The van der Waals surface area contributed by atoms with Crippen LogP contribution in [0, 0.1) is 0 Å². The molecule has 2 rings (SSSR count). The summed E-state index contributed by atoms with van der Waals surface area (Å²) in [6.45, 7) is 7.18. The van der Waals surface area contributed by atoms with Crippen LogP contribution in [0.2, 0.25) is 0 Å². The molecule has 1 saturated heterocycles. The third kappa shape index (κ3) is 2.42. The van der Waals surface area contributed by atoms with Crippen molar-refractivity contribution in [1.29, 1.82) is 0 Å². The molecule has 1 aliphatic rings. The smallest absolute Gasteiger partial charge is 0.0664 e. The molecule has 3 heteroatoms. The summed E-state index contributed by atoms with van der Waals surface area (Å²) in [4.78, 5) is 6.73. The fourth-order valence-corrected chi connectivity index (χ4v) is 2.24. The van der Waals surface area contributed by atoms with Gasteiger partial charge in [-0.3, -0.25) is 9.88 Å². The maximum Gasteiger partial charge on any atom is 0.0664 e. The van der Waals surface area contributed by atoms with Gasteiger partial charge in [0, 0.05) is 25.0 Å². The van der Waals surface area contributed by atoms with Gasteiger partial charge in [-0.15, -0.1) is 0 Å². The fourth-order valence-electron chi connectivity index (χ4n) is 2.24. The summed E-state index contributed by atoms with van der Waals surface area (Å²) in [5.41, 5.74) is 1.27. The van der Waals surface area contributed by atoms with E-state index in [0.717, 1.165) is 19.8 Å². The summed E-state index contributed by atoms with van der Waals surface area (Å²) in [7, 11) is 0. The number of rotatable bonds is 3. The quantitative estimate of drug-likeness (QED) is 0.781. The first-order valence-electron chi connectivity index (χ1n) is 6.06. The second-order valence-electron chi connectivity index (χ2n) is 4.37. The Morgan fingerprint density at radius 2 is 2.50 bits per heavy atom. The Balaban J connectivity index is 2.16. The van der Waals surface area contributed by atoms with Crippen molar-refractivity contribution in [1.82, 2.24) is 9.88 Å². The molecule has 2 heterocycles. The second kappa shape index (κ2) is 5.41. The number of aromatic nitrogens is 1. The lowest BCUT2D eigenvalue weighted by molar-refractivity contribution is -0.0275. The molecule has 1 aliphatic heterocycles. The maximum atomic E-state index is 5.59. The fraction of sp³-hybridized carbons (Fsp3) is 0.615. The molecular weight excluding hydrogens is 200 g/mol. The Morgan fingerprint density at radius 1 is 1.62 bits per heavy atom. The lowest BCUT2D eigenvalue weighted by atomic mass is 10.0. The summed E-state index contributed by atoms with van der Waals surface area (Å²) in [6, 6.07) is 5.12. The average Bonchev–Trinajstić information content (AvgIpc) is 2.39. The number of nitrogens with zero attached hydrogens (tertiary/aromatic N) is 2. The van der Waals surface area contributed by atoms with E-state index in [1.165, 1.54) is 12.0 Å². The SMILES string of the molecule is CCC(C)N1CCOCC1c1cccnc1. The van der Waals surface area contributed by atoms with Crippen LogP contribution in [-0.4, -0.2) is 35.7 Å². The van der Waals surface area contributed by atoms with Crippen molar-refractivity contribution >= 4 is 0 Å². The van der Waals surface area contributed by atoms with Gasteiger partial charge in [-0.25, -0.2) is 0 Å². The van der Waals surface area contributed by atoms with Gasteiger partial charge in [-0.05, 0) is 25.0 Å². The molecule has 1 aromatic rings. The number of hydrogen-bond acceptors (Lipinski definition) is 3. The van der Waals surface area contributed by atoms with Gasteiger partial charge in [0.05, 0.1) is 19.3 Å². The predicted molar refractivity (Wildman–Crippen MR) is 64.3 cm³/mol. The zero-order valence-corrected chi connectivity index (χ0v) is 10.1. The summed E-state index contributed by atoms with van der Waals surface area (Å²) in [6.07, 6.45) is 4.95. The molecule has 88 valence electrons. The van der Waals surface area contributed by atoms with Crippen molar-refractivity contribution in [2.75, 3.05) is 19.8 Å². The molecule has 1 aromatic heterocycles. The minimum atomic E-state index is 0.373. The van der Waals surface area contributed by atoms with E-state index in [2.05, 4.69) is 29.8 Å². The minimum Gasteiger partial charge on any atom is -0.378 e. The molecule has 0 spiro atoms. The van der Waals surface area contributed by atoms with Crippen molar-refractivity contribution in [3.8, 4) is 0 Å². The summed E-state index contributed by atoms with van der Waals surface area (Å²) < 4.78 is 5.59. The van der Waals surface area contributed by atoms with Gasteiger partial charge in [-0.1, -0.05) is 13.0 Å². The molecule has 2 unspecified atom stereocenters. The van der Waals surface area contributed by atoms with Gasteiger partial charge in [0.15, 0.2) is 0 Å². The molecule has 0 aromatic carbocycles. The molecule has 1 fully saturated rings. The van der Waals surface area contributed by atoms with E-state index in [0.29, 0.717) is 12.1 Å². The van der Waals surface area contributed by atoms with E-state index in [1.807, 2.05) is 18.5 Å². The van der Waals surface area contributed by atoms with Crippen molar-refractivity contribution < 1.29 is 4.74 Å². The lowest BCUT2D eigenvalue weighted by Crippen LogP contribution is -2.44. The molecule has 0 N–H and O–H groups in total. The monoisotopic (exact) mass is 220 g/mol. The summed E-state index contributed by atoms with van der Waals surface area (Å²) in [5, 5.41) is 0. The Kier molecular flexibility index (Phi) is 3.91. The van der Waals surface area contributed by atoms with Crippen LogP contribution in [0.25, 0.3) is 0 Å². The zero-order valence-electron chi connectivity index (χ0n) is 10.1. The Bertz CT molecular complexity index is 315. The van der Waals surface area contributed by atoms with Gasteiger partial charge in [0.25, 0.3) is 0 Å². The van der Waals surface area contributed by atoms with Crippen LogP contribution >= 0.6 is 0 Å². The third-order valence-corrected chi connectivity index (χ3v) is 3.40. The summed E-state index contributed by atoms with van der Waals surface area (Å²) >= 11 is 0. The number of ether oxygens (including phenoxy) is 1. The second-order valence-corrected chi connectivity index (χ2v) is 4.37. The highest BCUT2D eigenvalue weighted by molar-refractivity contribution is 5.15. The van der Waals surface area contributed by atoms with Crippen LogP contribution in [0.4, 0.5) is 0 Å². The van der Waals surface area contributed by atoms with Crippen LogP contribution < -0.4 is 0 Å². The first-order valence-corrected chi connectivity index (χ1v) is 6.06. The van der Waals surface area contributed by atoms with Crippen LogP contribution in [0.1, 0.15) is 31.9 Å². The first kappa shape index (κ1) is 11.6. The Hall–Kier alpha value is -0.930. The molecule has 0 bridgehead atoms. The number of morpholine rings is 1. The largest absolute Gasteiger partial charge is 0.378 e. The highest BCUT2D eigenvalue weighted by atomic mass is 16.5. The third-order valence-electron chi connectivity index (χ3n) is 3.40. The van der Waals surface area contributed by atoms with E-state index < -0.39 is 0 Å². The highest BCUT2D eigenvalue weighted by Gasteiger charge is 2.27. The van der Waals surface area contributed by atoms with E-state index >= 15 is 0 Å². The Labute approximate surface area is 97.4 Å². The van der Waals surface area contributed by atoms with Crippen molar-refractivity contribution in [3.05, 3.63) is 30.1 Å². The number of hydrogen-bond donors (Lipinski definition) is 0. The van der Waals surface area contributed by atoms with E-state index in [-0.39, 0.29) is 0 Å². The minimum absolute atomic E-state index is 0.373. The average molecular weight is 220 g/mol. The van der Waals surface area contributed by atoms with Gasteiger partial charge in [0.1, 0.15) is 0 Å². The first-order chi connectivity index (χ1) is 7.83. The zero-order chi connectivity index (χ0) is 11.4. The van der Waals surface area contributed by atoms with Crippen LogP contribution in [0.3, 0.4) is 0 Å². The molecule has 0 radical (unpaired) electrons. The molecule has 0 aliphatic carbocycles. The molecule has 0 saturated carbocycles. The van der Waals surface area contributed by atoms with Crippen LogP contribution in [-0.2, 0) is 4.74 Å². The lowest BCUT2D eigenvalue weighted by Gasteiger charge is -2.39. The van der Waals surface area contributed by atoms with Gasteiger partial charge < -0.3 is 4.74 Å². The molecule has 0 amide bonds. The van der Waals surface area contributed by atoms with E-state index in [9.17, 15) is 0 Å². The van der Waals surface area contributed by atoms with Crippen LogP contribution in [0.5, 0.6) is 0 Å². The summed E-state index contributed by atoms with van der Waals surface area (Å²) in [5.74, 6) is 0. The van der Waals surface area contributed by atoms with Crippen molar-refractivity contribution in [2.45, 2.75) is 32.4 Å². The van der Waals surface area contributed by atoms with Gasteiger partial charge in [0.2, 0.25) is 0 Å². The van der Waals surface area contributed by atoms with Crippen LogP contribution in [0.15, 0.2) is 24.5 Å².